The van der Waals surface area contributed by atoms with Gasteiger partial charge in [-0.2, -0.15) is 0 Å². The van der Waals surface area contributed by atoms with Crippen LogP contribution < -0.4 is 0 Å². The largest absolute Gasteiger partial charge is 0.480 e. The number of hydrogen-bond donors (Lipinski definition) is 1. The number of rotatable bonds is 6. The van der Waals surface area contributed by atoms with Crippen molar-refractivity contribution >= 4 is 11.9 Å². The first-order valence-electron chi connectivity index (χ1n) is 7.02. The molecule has 0 aliphatic carbocycles. The molecule has 2 unspecified atom stereocenters. The molecule has 1 rings (SSSR count). The van der Waals surface area contributed by atoms with Gasteiger partial charge in [-0.15, -0.1) is 0 Å². The number of aliphatic carboxylic acids is 1. The number of amides is 1. The van der Waals surface area contributed by atoms with Gasteiger partial charge in [0.25, 0.3) is 0 Å². The number of hydrogen-bond acceptors (Lipinski definition) is 3. The maximum Gasteiger partial charge on any atom is 0.326 e. The highest BCUT2D eigenvalue weighted by Crippen LogP contribution is 2.18. The summed E-state index contributed by atoms with van der Waals surface area (Å²) in [5.74, 6) is -0.837. The first-order chi connectivity index (χ1) is 8.91. The molecule has 1 saturated heterocycles. The quantitative estimate of drug-likeness (QED) is 0.801. The third-order valence-electron chi connectivity index (χ3n) is 3.52. The Morgan fingerprint density at radius 1 is 1.37 bits per heavy atom. The fourth-order valence-electron chi connectivity index (χ4n) is 2.35. The molecular formula is C14H25NO4. The topological polar surface area (TPSA) is 66.8 Å². The maximum atomic E-state index is 12.1. The Kier molecular flexibility index (Phi) is 6.28. The Labute approximate surface area is 114 Å². The fourth-order valence-corrected chi connectivity index (χ4v) is 2.35. The molecule has 110 valence electrons. The summed E-state index contributed by atoms with van der Waals surface area (Å²) in [4.78, 5) is 24.7. The molecule has 1 N–H and O–H groups in total. The molecule has 1 amide bonds. The second-order valence-electron chi connectivity index (χ2n) is 5.68. The molecule has 0 saturated carbocycles. The summed E-state index contributed by atoms with van der Waals surface area (Å²) >= 11 is 0. The summed E-state index contributed by atoms with van der Waals surface area (Å²) in [6.45, 7) is 4.62. The van der Waals surface area contributed by atoms with E-state index in [1.165, 1.54) is 4.90 Å². The van der Waals surface area contributed by atoms with Crippen molar-refractivity contribution in [2.24, 2.45) is 5.92 Å². The van der Waals surface area contributed by atoms with E-state index in [4.69, 9.17) is 4.74 Å². The number of ether oxygens (including phenoxy) is 1. The van der Waals surface area contributed by atoms with Gasteiger partial charge in [0, 0.05) is 13.7 Å². The van der Waals surface area contributed by atoms with Crippen molar-refractivity contribution < 1.29 is 19.4 Å². The zero-order valence-electron chi connectivity index (χ0n) is 12.1. The van der Waals surface area contributed by atoms with Crippen molar-refractivity contribution in [2.75, 3.05) is 13.7 Å². The Hall–Kier alpha value is -1.10. The fraction of sp³-hybridized carbons (Fsp3) is 0.857. The summed E-state index contributed by atoms with van der Waals surface area (Å²) in [6, 6.07) is -0.740. The Morgan fingerprint density at radius 3 is 2.53 bits per heavy atom. The Bertz CT molecular complexity index is 311. The van der Waals surface area contributed by atoms with Crippen LogP contribution in [0.1, 0.15) is 46.0 Å². The smallest absolute Gasteiger partial charge is 0.326 e. The van der Waals surface area contributed by atoms with Crippen molar-refractivity contribution in [2.45, 2.75) is 58.1 Å². The molecule has 0 aromatic heterocycles. The molecule has 5 heteroatoms. The standard InChI is InChI=1S/C14H25NO4/c1-10(2)8-12(14(17)18)15(3)13(16)9-11-6-4-5-7-19-11/h10-12H,4-9H2,1-3H3,(H,17,18). The van der Waals surface area contributed by atoms with Gasteiger partial charge in [-0.3, -0.25) is 4.79 Å². The predicted octanol–water partition coefficient (Wildman–Crippen LogP) is 1.90. The third-order valence-corrected chi connectivity index (χ3v) is 3.52. The summed E-state index contributed by atoms with van der Waals surface area (Å²) in [5, 5.41) is 9.22. The van der Waals surface area contributed by atoms with Crippen LogP contribution in [0.2, 0.25) is 0 Å². The summed E-state index contributed by atoms with van der Waals surface area (Å²) in [6.07, 6.45) is 3.74. The van der Waals surface area contributed by atoms with Gasteiger partial charge < -0.3 is 14.7 Å². The molecule has 0 aromatic rings. The van der Waals surface area contributed by atoms with Crippen molar-refractivity contribution in [3.05, 3.63) is 0 Å². The summed E-state index contributed by atoms with van der Waals surface area (Å²) in [5.41, 5.74) is 0. The monoisotopic (exact) mass is 271 g/mol. The van der Waals surface area contributed by atoms with Crippen LogP contribution >= 0.6 is 0 Å². The van der Waals surface area contributed by atoms with Crippen molar-refractivity contribution in [1.82, 2.24) is 4.90 Å². The van der Waals surface area contributed by atoms with Gasteiger partial charge >= 0.3 is 5.97 Å². The summed E-state index contributed by atoms with van der Waals surface area (Å²) < 4.78 is 5.53. The van der Waals surface area contributed by atoms with Gasteiger partial charge in [-0.05, 0) is 31.6 Å². The van der Waals surface area contributed by atoms with E-state index in [0.717, 1.165) is 19.3 Å². The molecule has 0 aromatic carbocycles. The second-order valence-corrected chi connectivity index (χ2v) is 5.68. The van der Waals surface area contributed by atoms with Gasteiger partial charge in [0.05, 0.1) is 12.5 Å². The molecule has 19 heavy (non-hydrogen) atoms. The normalized spacial score (nSPS) is 21.2. The minimum Gasteiger partial charge on any atom is -0.480 e. The van der Waals surface area contributed by atoms with Gasteiger partial charge in [0.15, 0.2) is 0 Å². The van der Waals surface area contributed by atoms with Crippen molar-refractivity contribution in [1.29, 1.82) is 0 Å². The van der Waals surface area contributed by atoms with Crippen LogP contribution in [0.4, 0.5) is 0 Å². The minimum absolute atomic E-state index is 0.0443. The van der Waals surface area contributed by atoms with E-state index in [1.807, 2.05) is 13.8 Å². The molecule has 5 nitrogen and oxygen atoms in total. The maximum absolute atomic E-state index is 12.1. The molecular weight excluding hydrogens is 246 g/mol. The number of carbonyl (C=O) groups is 2. The Balaban J connectivity index is 2.54. The van der Waals surface area contributed by atoms with Crippen LogP contribution in [0.3, 0.4) is 0 Å². The van der Waals surface area contributed by atoms with E-state index in [-0.39, 0.29) is 17.9 Å². The zero-order valence-corrected chi connectivity index (χ0v) is 12.1. The molecule has 0 bridgehead atoms. The number of carbonyl (C=O) groups excluding carboxylic acids is 1. The van der Waals surface area contributed by atoms with Crippen molar-refractivity contribution in [3.8, 4) is 0 Å². The Morgan fingerprint density at radius 2 is 2.05 bits per heavy atom. The number of nitrogens with zero attached hydrogens (tertiary/aromatic N) is 1. The van der Waals surface area contributed by atoms with Gasteiger partial charge in [-0.1, -0.05) is 13.8 Å². The third kappa shape index (κ3) is 5.19. The lowest BCUT2D eigenvalue weighted by atomic mass is 10.0. The van der Waals surface area contributed by atoms with Crippen LogP contribution in [-0.2, 0) is 14.3 Å². The SMILES string of the molecule is CC(C)CC(C(=O)O)N(C)C(=O)CC1CCCCO1. The molecule has 0 spiro atoms. The van der Waals surface area contributed by atoms with Gasteiger partial charge in [0.2, 0.25) is 5.91 Å². The van der Waals surface area contributed by atoms with Gasteiger partial charge in [0.1, 0.15) is 6.04 Å². The van der Waals surface area contributed by atoms with Crippen molar-refractivity contribution in [3.63, 3.8) is 0 Å². The predicted molar refractivity (Wildman–Crippen MR) is 71.9 cm³/mol. The molecule has 1 aliphatic heterocycles. The lowest BCUT2D eigenvalue weighted by Crippen LogP contribution is -2.44. The first kappa shape index (κ1) is 16.0. The molecule has 1 aliphatic rings. The van der Waals surface area contributed by atoms with E-state index in [0.29, 0.717) is 19.4 Å². The number of carboxylic acids is 1. The van der Waals surface area contributed by atoms with Crippen LogP contribution in [0.25, 0.3) is 0 Å². The van der Waals surface area contributed by atoms with Crippen LogP contribution in [0.15, 0.2) is 0 Å². The molecule has 2 atom stereocenters. The van der Waals surface area contributed by atoms with E-state index >= 15 is 0 Å². The molecule has 1 heterocycles. The lowest BCUT2D eigenvalue weighted by molar-refractivity contribution is -0.151. The van der Waals surface area contributed by atoms with Crippen LogP contribution in [0.5, 0.6) is 0 Å². The molecule has 1 fully saturated rings. The lowest BCUT2D eigenvalue weighted by Gasteiger charge is -2.29. The first-order valence-corrected chi connectivity index (χ1v) is 7.02. The van der Waals surface area contributed by atoms with E-state index < -0.39 is 12.0 Å². The minimum atomic E-state index is -0.936. The average molecular weight is 271 g/mol. The summed E-state index contributed by atoms with van der Waals surface area (Å²) in [7, 11) is 1.58. The van der Waals surface area contributed by atoms with E-state index in [9.17, 15) is 14.7 Å². The number of likely N-dealkylation sites (N-methyl/N-ethyl adjacent to an activating group) is 1. The number of carboxylic acid groups (broad SMARTS) is 1. The van der Waals surface area contributed by atoms with E-state index in [1.54, 1.807) is 7.05 Å². The van der Waals surface area contributed by atoms with Crippen LogP contribution in [0, 0.1) is 5.92 Å². The second kappa shape index (κ2) is 7.48. The van der Waals surface area contributed by atoms with Crippen LogP contribution in [-0.4, -0.2) is 47.7 Å². The zero-order chi connectivity index (χ0) is 14.4. The average Bonchev–Trinajstić information content (AvgIpc) is 2.35. The highest BCUT2D eigenvalue weighted by atomic mass is 16.5. The molecule has 0 radical (unpaired) electrons. The highest BCUT2D eigenvalue weighted by Gasteiger charge is 2.29. The van der Waals surface area contributed by atoms with E-state index in [2.05, 4.69) is 0 Å². The van der Waals surface area contributed by atoms with Gasteiger partial charge in [-0.25, -0.2) is 4.79 Å². The highest BCUT2D eigenvalue weighted by molar-refractivity contribution is 5.83.